The lowest BCUT2D eigenvalue weighted by Gasteiger charge is -2.34. The van der Waals surface area contributed by atoms with E-state index >= 15 is 0 Å². The van der Waals surface area contributed by atoms with Crippen LogP contribution in [-0.4, -0.2) is 43.3 Å². The summed E-state index contributed by atoms with van der Waals surface area (Å²) in [6.07, 6.45) is 4.44. The van der Waals surface area contributed by atoms with Crippen LogP contribution in [0.15, 0.2) is 82.5 Å². The topological polar surface area (TPSA) is 59.4 Å². The second-order valence-corrected chi connectivity index (χ2v) is 13.1. The molecule has 39 heavy (non-hydrogen) atoms. The van der Waals surface area contributed by atoms with E-state index in [4.69, 9.17) is 0 Å². The van der Waals surface area contributed by atoms with Gasteiger partial charge < -0.3 is 9.47 Å². The van der Waals surface area contributed by atoms with Gasteiger partial charge in [0.2, 0.25) is 0 Å². The van der Waals surface area contributed by atoms with E-state index in [0.717, 1.165) is 47.1 Å². The lowest BCUT2D eigenvalue weighted by Crippen LogP contribution is -2.37. The van der Waals surface area contributed by atoms with Gasteiger partial charge in [-0.1, -0.05) is 49.4 Å². The molecule has 0 bridgehead atoms. The Morgan fingerprint density at radius 1 is 0.846 bits per heavy atom. The van der Waals surface area contributed by atoms with Gasteiger partial charge in [-0.15, -0.1) is 0 Å². The minimum Gasteiger partial charge on any atom is -0.308 e. The summed E-state index contributed by atoms with van der Waals surface area (Å²) in [4.78, 5) is 16.3. The standard InChI is InChI=1S/C33H38N2O3S/c1-5-18-35-32-15-12-28(25-8-6-24(7-9-25)26-16-19-34(20-17-26)23(2)3)21-29(32)22-31(33(35)36)27-10-13-30(14-11-27)39(4,37)38/h6-15,21-23,26H,5,16-20H2,1-4H3. The van der Waals surface area contributed by atoms with Gasteiger partial charge in [0.15, 0.2) is 9.84 Å². The fourth-order valence-electron chi connectivity index (χ4n) is 5.80. The highest BCUT2D eigenvalue weighted by molar-refractivity contribution is 7.90. The summed E-state index contributed by atoms with van der Waals surface area (Å²) in [5.74, 6) is 0.616. The summed E-state index contributed by atoms with van der Waals surface area (Å²) >= 11 is 0. The van der Waals surface area contributed by atoms with Crippen molar-refractivity contribution in [3.8, 4) is 22.3 Å². The second kappa shape index (κ2) is 11.1. The lowest BCUT2D eigenvalue weighted by atomic mass is 9.88. The zero-order valence-corrected chi connectivity index (χ0v) is 24.2. The number of fused-ring (bicyclic) bond motifs is 1. The molecule has 1 aliphatic heterocycles. The fraction of sp³-hybridized carbons (Fsp3) is 0.364. The molecule has 0 N–H and O–H groups in total. The van der Waals surface area contributed by atoms with Crippen molar-refractivity contribution in [2.45, 2.75) is 63.4 Å². The zero-order valence-electron chi connectivity index (χ0n) is 23.4. The van der Waals surface area contributed by atoms with E-state index in [9.17, 15) is 13.2 Å². The number of rotatable bonds is 7. The molecular formula is C33H38N2O3S. The van der Waals surface area contributed by atoms with Crippen LogP contribution in [-0.2, 0) is 16.4 Å². The largest absolute Gasteiger partial charge is 0.308 e. The molecule has 1 aromatic heterocycles. The van der Waals surface area contributed by atoms with Crippen molar-refractivity contribution in [1.29, 1.82) is 0 Å². The number of aromatic nitrogens is 1. The number of piperidine rings is 1. The average Bonchev–Trinajstić information content (AvgIpc) is 2.94. The number of likely N-dealkylation sites (tertiary alicyclic amines) is 1. The molecule has 0 radical (unpaired) electrons. The van der Waals surface area contributed by atoms with Gasteiger partial charge in [0.25, 0.3) is 5.56 Å². The van der Waals surface area contributed by atoms with Gasteiger partial charge in [-0.3, -0.25) is 4.79 Å². The number of hydrogen-bond donors (Lipinski definition) is 0. The first-order valence-corrected chi connectivity index (χ1v) is 15.9. The van der Waals surface area contributed by atoms with Gasteiger partial charge >= 0.3 is 0 Å². The Morgan fingerprint density at radius 3 is 2.05 bits per heavy atom. The van der Waals surface area contributed by atoms with Gasteiger partial charge in [-0.2, -0.15) is 0 Å². The molecule has 0 amide bonds. The van der Waals surface area contributed by atoms with E-state index in [1.54, 1.807) is 24.3 Å². The van der Waals surface area contributed by atoms with Crippen LogP contribution in [0.4, 0.5) is 0 Å². The Balaban J connectivity index is 1.49. The third-order valence-electron chi connectivity index (χ3n) is 8.11. The lowest BCUT2D eigenvalue weighted by molar-refractivity contribution is 0.172. The summed E-state index contributed by atoms with van der Waals surface area (Å²) < 4.78 is 25.7. The summed E-state index contributed by atoms with van der Waals surface area (Å²) in [6.45, 7) is 9.56. The molecule has 5 rings (SSSR count). The molecule has 6 heteroatoms. The minimum atomic E-state index is -3.30. The van der Waals surface area contributed by atoms with Crippen LogP contribution in [0.25, 0.3) is 33.2 Å². The number of pyridine rings is 1. The third-order valence-corrected chi connectivity index (χ3v) is 9.24. The summed E-state index contributed by atoms with van der Waals surface area (Å²) in [6, 6.07) is 24.5. The van der Waals surface area contributed by atoms with Crippen LogP contribution in [0.5, 0.6) is 0 Å². The number of sulfone groups is 1. The molecule has 1 fully saturated rings. The molecule has 4 aromatic rings. The fourth-order valence-corrected chi connectivity index (χ4v) is 6.43. The molecule has 0 aliphatic carbocycles. The SMILES string of the molecule is CCCn1c(=O)c(-c2ccc(S(C)(=O)=O)cc2)cc2cc(-c3ccc(C4CCN(C(C)C)CC4)cc3)ccc21. The molecule has 0 atom stereocenters. The molecule has 5 nitrogen and oxygen atoms in total. The highest BCUT2D eigenvalue weighted by atomic mass is 32.2. The molecule has 3 aromatic carbocycles. The van der Waals surface area contributed by atoms with Gasteiger partial charge in [-0.25, -0.2) is 8.42 Å². The number of hydrogen-bond acceptors (Lipinski definition) is 4. The van der Waals surface area contributed by atoms with Crippen LogP contribution in [0.3, 0.4) is 0 Å². The Labute approximate surface area is 232 Å². The predicted octanol–water partition coefficient (Wildman–Crippen LogP) is 6.74. The molecular weight excluding hydrogens is 504 g/mol. The maximum atomic E-state index is 13.5. The van der Waals surface area contributed by atoms with E-state index < -0.39 is 9.84 Å². The first-order valence-electron chi connectivity index (χ1n) is 14.0. The van der Waals surface area contributed by atoms with Crippen molar-refractivity contribution in [3.63, 3.8) is 0 Å². The Hall–Kier alpha value is -3.22. The number of aryl methyl sites for hydroxylation is 1. The predicted molar refractivity (Wildman–Crippen MR) is 161 cm³/mol. The highest BCUT2D eigenvalue weighted by Crippen LogP contribution is 2.32. The molecule has 1 saturated heterocycles. The van der Waals surface area contributed by atoms with E-state index in [-0.39, 0.29) is 10.5 Å². The van der Waals surface area contributed by atoms with Gasteiger partial charge in [0.05, 0.1) is 10.4 Å². The zero-order chi connectivity index (χ0) is 27.7. The van der Waals surface area contributed by atoms with Crippen molar-refractivity contribution in [1.82, 2.24) is 9.47 Å². The molecule has 0 spiro atoms. The van der Waals surface area contributed by atoms with E-state index in [0.29, 0.717) is 24.1 Å². The van der Waals surface area contributed by atoms with Gasteiger partial charge in [0, 0.05) is 24.4 Å². The number of nitrogens with zero attached hydrogens (tertiary/aromatic N) is 2. The summed E-state index contributed by atoms with van der Waals surface area (Å²) in [5.41, 5.74) is 5.84. The van der Waals surface area contributed by atoms with E-state index in [2.05, 4.69) is 62.1 Å². The minimum absolute atomic E-state index is 0.0583. The van der Waals surface area contributed by atoms with Crippen molar-refractivity contribution >= 4 is 20.7 Å². The van der Waals surface area contributed by atoms with Crippen molar-refractivity contribution in [2.75, 3.05) is 19.3 Å². The van der Waals surface area contributed by atoms with E-state index in [1.165, 1.54) is 24.7 Å². The normalized spacial score (nSPS) is 15.3. The molecule has 1 aliphatic rings. The summed E-state index contributed by atoms with van der Waals surface area (Å²) in [7, 11) is -3.30. The average molecular weight is 543 g/mol. The third kappa shape index (κ3) is 5.73. The van der Waals surface area contributed by atoms with Crippen molar-refractivity contribution in [3.05, 3.63) is 88.7 Å². The molecule has 204 valence electrons. The first-order chi connectivity index (χ1) is 18.7. The van der Waals surface area contributed by atoms with Gasteiger partial charge in [0.1, 0.15) is 0 Å². The Kier molecular flexibility index (Phi) is 7.79. The highest BCUT2D eigenvalue weighted by Gasteiger charge is 2.22. The molecule has 0 saturated carbocycles. The Bertz CT molecular complexity index is 1630. The molecule has 0 unspecified atom stereocenters. The second-order valence-electron chi connectivity index (χ2n) is 11.1. The maximum Gasteiger partial charge on any atom is 0.258 e. The van der Waals surface area contributed by atoms with Crippen molar-refractivity contribution < 1.29 is 8.42 Å². The monoisotopic (exact) mass is 542 g/mol. The first kappa shape index (κ1) is 27.4. The van der Waals surface area contributed by atoms with E-state index in [1.807, 2.05) is 16.7 Å². The Morgan fingerprint density at radius 2 is 1.46 bits per heavy atom. The van der Waals surface area contributed by atoms with Gasteiger partial charge in [-0.05, 0) is 110 Å². The van der Waals surface area contributed by atoms with Crippen LogP contribution < -0.4 is 5.56 Å². The summed E-state index contributed by atoms with van der Waals surface area (Å²) in [5, 5.41) is 0.993. The van der Waals surface area contributed by atoms with Crippen LogP contribution in [0.1, 0.15) is 51.5 Å². The molecule has 2 heterocycles. The van der Waals surface area contributed by atoms with Crippen molar-refractivity contribution in [2.24, 2.45) is 0 Å². The van der Waals surface area contributed by atoms with Crippen LogP contribution >= 0.6 is 0 Å². The van der Waals surface area contributed by atoms with Crippen LogP contribution in [0, 0.1) is 0 Å². The smallest absolute Gasteiger partial charge is 0.258 e. The maximum absolute atomic E-state index is 13.5. The number of benzene rings is 3. The van der Waals surface area contributed by atoms with Crippen LogP contribution in [0.2, 0.25) is 0 Å². The quantitative estimate of drug-likeness (QED) is 0.260.